The van der Waals surface area contributed by atoms with Crippen LogP contribution in [0.4, 0.5) is 0 Å². The highest BCUT2D eigenvalue weighted by Crippen LogP contribution is 1.81. The standard InChI is InChI=1S/HO6S/c1-5-6-7(2,3)4/h(H,2,3,4). The normalized spacial score (nSPS) is 11.7. The molecule has 0 aliphatic rings. The fourth-order valence-electron chi connectivity index (χ4n) is 0.0351. The van der Waals surface area contributed by atoms with Crippen molar-refractivity contribution in [3.05, 3.63) is 0 Å². The molecule has 0 saturated carbocycles. The van der Waals surface area contributed by atoms with Crippen LogP contribution in [0.15, 0.2) is 0 Å². The van der Waals surface area contributed by atoms with Crippen LogP contribution in [0.5, 0.6) is 0 Å². The van der Waals surface area contributed by atoms with Gasteiger partial charge in [0.2, 0.25) is 0 Å². The van der Waals surface area contributed by atoms with Gasteiger partial charge < -0.3 is 0 Å². The lowest BCUT2D eigenvalue weighted by atomic mass is 14.6. The Balaban J connectivity index is 3.60. The van der Waals surface area contributed by atoms with Gasteiger partial charge >= 0.3 is 10.4 Å². The average Bonchev–Trinajstić information content (AvgIpc) is 1.30. The van der Waals surface area contributed by atoms with Crippen molar-refractivity contribution in [3.8, 4) is 0 Å². The summed E-state index contributed by atoms with van der Waals surface area (Å²) < 4.78 is 28.6. The maximum Gasteiger partial charge on any atom is 0.426 e. The summed E-state index contributed by atoms with van der Waals surface area (Å²) in [5.74, 6) is 0. The lowest BCUT2D eigenvalue weighted by Crippen LogP contribution is -2.00. The van der Waals surface area contributed by atoms with E-state index in [0.717, 1.165) is 0 Å². The van der Waals surface area contributed by atoms with Crippen LogP contribution in [-0.2, 0) is 25.0 Å². The van der Waals surface area contributed by atoms with Gasteiger partial charge in [-0.25, -0.2) is 0 Å². The van der Waals surface area contributed by atoms with E-state index in [-0.39, 0.29) is 0 Å². The van der Waals surface area contributed by atoms with E-state index in [2.05, 4.69) is 9.37 Å². The zero-order valence-electron chi connectivity index (χ0n) is 2.90. The van der Waals surface area contributed by atoms with Crippen LogP contribution < -0.4 is 0 Å². The Hall–Kier alpha value is -0.210. The van der Waals surface area contributed by atoms with Crippen molar-refractivity contribution in [3.63, 3.8) is 0 Å². The van der Waals surface area contributed by atoms with E-state index in [1.165, 1.54) is 0 Å². The van der Waals surface area contributed by atoms with Crippen molar-refractivity contribution in [1.29, 1.82) is 0 Å². The van der Waals surface area contributed by atoms with Crippen molar-refractivity contribution in [2.75, 3.05) is 0 Å². The third-order valence-corrected chi connectivity index (χ3v) is 0.341. The van der Waals surface area contributed by atoms with Crippen molar-refractivity contribution in [2.45, 2.75) is 0 Å². The van der Waals surface area contributed by atoms with Crippen molar-refractivity contribution in [1.82, 2.24) is 0 Å². The molecule has 7 heteroatoms. The molecule has 0 aromatic rings. The predicted molar refractivity (Wildman–Crippen MR) is 14.4 cm³/mol. The molecule has 0 bridgehead atoms. The second kappa shape index (κ2) is 2.19. The summed E-state index contributed by atoms with van der Waals surface area (Å²) in [7, 11) is -4.71. The van der Waals surface area contributed by atoms with Gasteiger partial charge in [0.1, 0.15) is 0 Å². The minimum atomic E-state index is -4.71. The van der Waals surface area contributed by atoms with Crippen LogP contribution in [-0.4, -0.2) is 13.0 Å². The Morgan fingerprint density at radius 2 is 1.86 bits per heavy atom. The average molecular weight is 129 g/mol. The van der Waals surface area contributed by atoms with Gasteiger partial charge in [-0.1, -0.05) is 4.33 Å². The van der Waals surface area contributed by atoms with Gasteiger partial charge in [-0.3, -0.25) is 4.55 Å². The predicted octanol–water partition coefficient (Wildman–Crippen LogP) is -0.917. The number of hydrogen-bond acceptors (Lipinski definition) is 4. The second-order valence-electron chi connectivity index (χ2n) is 0.564. The summed E-state index contributed by atoms with van der Waals surface area (Å²) in [6, 6.07) is 0. The van der Waals surface area contributed by atoms with Crippen LogP contribution in [0.25, 0.3) is 0 Å². The molecule has 1 radical (unpaired) electrons. The Morgan fingerprint density at radius 3 is 1.86 bits per heavy atom. The summed E-state index contributed by atoms with van der Waals surface area (Å²) in [4.78, 5) is 0. The summed E-state index contributed by atoms with van der Waals surface area (Å²) in [5.41, 5.74) is 0. The van der Waals surface area contributed by atoms with E-state index in [1.54, 1.807) is 0 Å². The number of hydrogen-bond donors (Lipinski definition) is 1. The van der Waals surface area contributed by atoms with Crippen molar-refractivity contribution < 1.29 is 27.6 Å². The molecule has 7 heavy (non-hydrogen) atoms. The molecule has 0 aromatic carbocycles. The summed E-state index contributed by atoms with van der Waals surface area (Å²) in [5, 5.41) is 11.0. The van der Waals surface area contributed by atoms with Gasteiger partial charge in [-0.2, -0.15) is 8.42 Å². The maximum absolute atomic E-state index is 9.24. The molecule has 1 N–H and O–H groups in total. The smallest absolute Gasteiger partial charge is 0.262 e. The zero-order valence-corrected chi connectivity index (χ0v) is 3.71. The molecule has 0 atom stereocenters. The van der Waals surface area contributed by atoms with Gasteiger partial charge in [0.15, 0.2) is 0 Å². The molecule has 0 spiro atoms. The molecule has 0 aliphatic carbocycles. The van der Waals surface area contributed by atoms with E-state index in [1.807, 2.05) is 0 Å². The Kier molecular flexibility index (Phi) is 2.12. The maximum atomic E-state index is 9.24. The fraction of sp³-hybridized carbons (Fsp3) is 0. The molecule has 0 unspecified atom stereocenters. The van der Waals surface area contributed by atoms with Gasteiger partial charge in [0.25, 0.3) is 0 Å². The van der Waals surface area contributed by atoms with Gasteiger partial charge in [-0.05, 0) is 10.3 Å². The first-order valence-electron chi connectivity index (χ1n) is 1.02. The highest BCUT2D eigenvalue weighted by molar-refractivity contribution is 7.80. The van der Waals surface area contributed by atoms with Crippen molar-refractivity contribution in [2.24, 2.45) is 0 Å². The minimum Gasteiger partial charge on any atom is -0.262 e. The van der Waals surface area contributed by atoms with E-state index in [4.69, 9.17) is 9.81 Å². The highest BCUT2D eigenvalue weighted by Gasteiger charge is 2.02. The Morgan fingerprint density at radius 1 is 1.43 bits per heavy atom. The van der Waals surface area contributed by atoms with Gasteiger partial charge in [0.05, 0.1) is 0 Å². The van der Waals surface area contributed by atoms with Crippen LogP contribution in [0.2, 0.25) is 0 Å². The summed E-state index contributed by atoms with van der Waals surface area (Å²) in [6.07, 6.45) is 0. The molecule has 6 nitrogen and oxygen atoms in total. The topological polar surface area (TPSA) is 92.7 Å². The molecular weight excluding hydrogens is 128 g/mol. The first-order valence-corrected chi connectivity index (χ1v) is 2.38. The molecule has 0 fully saturated rings. The molecule has 0 aromatic heterocycles. The van der Waals surface area contributed by atoms with Crippen LogP contribution in [0, 0.1) is 0 Å². The van der Waals surface area contributed by atoms with Crippen LogP contribution in [0.1, 0.15) is 0 Å². The molecular formula is HO6S. The monoisotopic (exact) mass is 129 g/mol. The van der Waals surface area contributed by atoms with Gasteiger partial charge in [0, 0.05) is 0 Å². The molecule has 0 saturated heterocycles. The second-order valence-corrected chi connectivity index (χ2v) is 1.56. The van der Waals surface area contributed by atoms with E-state index in [9.17, 15) is 8.42 Å². The van der Waals surface area contributed by atoms with Crippen molar-refractivity contribution >= 4 is 10.4 Å². The quantitative estimate of drug-likeness (QED) is 0.295. The SMILES string of the molecule is [O]OOS(=O)(=O)O. The van der Waals surface area contributed by atoms with E-state index in [0.29, 0.717) is 0 Å². The molecule has 0 aliphatic heterocycles. The minimum absolute atomic E-state index is 2.32. The van der Waals surface area contributed by atoms with Crippen LogP contribution >= 0.6 is 0 Å². The molecule has 43 valence electrons. The zero-order chi connectivity index (χ0) is 5.91. The molecule has 0 amide bonds. The Labute approximate surface area is 39.1 Å². The summed E-state index contributed by atoms with van der Waals surface area (Å²) in [6.45, 7) is 0. The number of rotatable bonds is 2. The largest absolute Gasteiger partial charge is 0.426 e. The third-order valence-electron chi connectivity index (χ3n) is 0.114. The lowest BCUT2D eigenvalue weighted by Gasteiger charge is -1.83. The first kappa shape index (κ1) is 6.79. The lowest BCUT2D eigenvalue weighted by molar-refractivity contribution is -0.481. The fourth-order valence-corrected chi connectivity index (χ4v) is 0.105. The van der Waals surface area contributed by atoms with Gasteiger partial charge in [-0.15, -0.1) is 0 Å². The molecule has 0 rings (SSSR count). The molecule has 0 heterocycles. The first-order chi connectivity index (χ1) is 3.06. The van der Waals surface area contributed by atoms with E-state index >= 15 is 0 Å². The van der Waals surface area contributed by atoms with E-state index < -0.39 is 10.4 Å². The Bertz CT molecular complexity index is 117. The third kappa shape index (κ3) is 5.79. The highest BCUT2D eigenvalue weighted by atomic mass is 32.3. The van der Waals surface area contributed by atoms with Crippen LogP contribution in [0.3, 0.4) is 0 Å². The summed E-state index contributed by atoms with van der Waals surface area (Å²) >= 11 is 0.